The normalized spacial score (nSPS) is 12.4. The Morgan fingerprint density at radius 2 is 2.05 bits per heavy atom. The number of nitrogens with zero attached hydrogens (tertiary/aromatic N) is 1. The zero-order valence-electron chi connectivity index (χ0n) is 11.5. The highest BCUT2D eigenvalue weighted by molar-refractivity contribution is 6.30. The largest absolute Gasteiger partial charge is 0.383 e. The summed E-state index contributed by atoms with van der Waals surface area (Å²) < 4.78 is 27.5. The van der Waals surface area contributed by atoms with E-state index in [9.17, 15) is 8.78 Å². The Morgan fingerprint density at radius 1 is 1.29 bits per heavy atom. The second-order valence-corrected chi connectivity index (χ2v) is 5.12. The first-order valence-electron chi connectivity index (χ1n) is 6.62. The molecule has 1 aromatic heterocycles. The molecule has 0 fully saturated rings. The van der Waals surface area contributed by atoms with Gasteiger partial charge in [0.25, 0.3) is 0 Å². The van der Waals surface area contributed by atoms with Gasteiger partial charge in [-0.25, -0.2) is 13.8 Å². The Kier molecular flexibility index (Phi) is 5.09. The molecule has 1 aromatic carbocycles. The molecule has 0 saturated carbocycles. The van der Waals surface area contributed by atoms with Gasteiger partial charge in [0.2, 0.25) is 0 Å². The van der Waals surface area contributed by atoms with Crippen LogP contribution in [0.15, 0.2) is 30.5 Å². The van der Waals surface area contributed by atoms with Gasteiger partial charge in [0.1, 0.15) is 17.5 Å². The van der Waals surface area contributed by atoms with E-state index in [-0.39, 0.29) is 11.4 Å². The Hall–Kier alpha value is -1.72. The number of nitrogen functional groups attached to an aromatic ring is 1. The van der Waals surface area contributed by atoms with Crippen molar-refractivity contribution in [3.63, 3.8) is 0 Å². The number of nitrogens with one attached hydrogen (secondary N) is 1. The molecule has 2 rings (SSSR count). The molecule has 0 aliphatic carbocycles. The molecule has 21 heavy (non-hydrogen) atoms. The monoisotopic (exact) mass is 311 g/mol. The third kappa shape index (κ3) is 3.68. The number of benzene rings is 1. The summed E-state index contributed by atoms with van der Waals surface area (Å²) in [6.45, 7) is 2.60. The van der Waals surface area contributed by atoms with Crippen molar-refractivity contribution in [1.29, 1.82) is 0 Å². The van der Waals surface area contributed by atoms with Crippen LogP contribution < -0.4 is 11.1 Å². The summed E-state index contributed by atoms with van der Waals surface area (Å²) in [6.07, 6.45) is 2.25. The van der Waals surface area contributed by atoms with Crippen LogP contribution in [0, 0.1) is 11.6 Å². The van der Waals surface area contributed by atoms with Gasteiger partial charge in [0, 0.05) is 17.3 Å². The summed E-state index contributed by atoms with van der Waals surface area (Å²) in [5, 5.41) is 3.54. The van der Waals surface area contributed by atoms with Gasteiger partial charge in [-0.05, 0) is 37.2 Å². The number of anilines is 1. The molecule has 1 heterocycles. The van der Waals surface area contributed by atoms with E-state index in [0.717, 1.165) is 24.6 Å². The van der Waals surface area contributed by atoms with Crippen molar-refractivity contribution in [2.75, 3.05) is 12.3 Å². The van der Waals surface area contributed by atoms with Gasteiger partial charge in [-0.2, -0.15) is 0 Å². The first-order valence-corrected chi connectivity index (χ1v) is 7.00. The van der Waals surface area contributed by atoms with Gasteiger partial charge in [-0.15, -0.1) is 0 Å². The molecule has 0 bridgehead atoms. The number of hydrogen-bond acceptors (Lipinski definition) is 3. The van der Waals surface area contributed by atoms with Crippen LogP contribution in [0.4, 0.5) is 14.6 Å². The molecule has 3 nitrogen and oxygen atoms in total. The van der Waals surface area contributed by atoms with Gasteiger partial charge >= 0.3 is 0 Å². The van der Waals surface area contributed by atoms with Crippen molar-refractivity contribution in [1.82, 2.24) is 10.3 Å². The predicted molar refractivity (Wildman–Crippen MR) is 80.2 cm³/mol. The highest BCUT2D eigenvalue weighted by atomic mass is 35.5. The van der Waals surface area contributed by atoms with Gasteiger partial charge in [-0.3, -0.25) is 0 Å². The van der Waals surface area contributed by atoms with Crippen LogP contribution in [-0.4, -0.2) is 11.5 Å². The summed E-state index contributed by atoms with van der Waals surface area (Å²) in [5.41, 5.74) is 6.57. The quantitative estimate of drug-likeness (QED) is 0.885. The highest BCUT2D eigenvalue weighted by Gasteiger charge is 2.21. The number of aromatic nitrogens is 1. The molecule has 6 heteroatoms. The molecular weight excluding hydrogens is 296 g/mol. The number of halogens is 3. The summed E-state index contributed by atoms with van der Waals surface area (Å²) >= 11 is 5.94. The van der Waals surface area contributed by atoms with E-state index in [2.05, 4.69) is 10.3 Å². The first kappa shape index (κ1) is 15.7. The minimum Gasteiger partial charge on any atom is -0.383 e. The van der Waals surface area contributed by atoms with Crippen molar-refractivity contribution in [3.05, 3.63) is 58.2 Å². The Bertz CT molecular complexity index is 583. The molecular formula is C15H16ClF2N3. The van der Waals surface area contributed by atoms with E-state index >= 15 is 0 Å². The van der Waals surface area contributed by atoms with E-state index in [1.165, 1.54) is 6.20 Å². The maximum Gasteiger partial charge on any atom is 0.128 e. The van der Waals surface area contributed by atoms with E-state index in [0.29, 0.717) is 17.1 Å². The van der Waals surface area contributed by atoms with Gasteiger partial charge in [0.15, 0.2) is 0 Å². The summed E-state index contributed by atoms with van der Waals surface area (Å²) in [7, 11) is 0. The maximum absolute atomic E-state index is 14.1. The van der Waals surface area contributed by atoms with Crippen molar-refractivity contribution in [3.8, 4) is 0 Å². The topological polar surface area (TPSA) is 50.9 Å². The Balaban J connectivity index is 2.52. The minimum atomic E-state index is -0.605. The molecule has 0 spiro atoms. The molecule has 1 atom stereocenters. The summed E-state index contributed by atoms with van der Waals surface area (Å²) in [4.78, 5) is 3.97. The lowest BCUT2D eigenvalue weighted by Gasteiger charge is -2.21. The van der Waals surface area contributed by atoms with Crippen LogP contribution >= 0.6 is 11.6 Å². The number of hydrogen-bond donors (Lipinski definition) is 2. The van der Waals surface area contributed by atoms with E-state index in [1.807, 2.05) is 6.92 Å². The second kappa shape index (κ2) is 6.83. The van der Waals surface area contributed by atoms with Gasteiger partial charge in [0.05, 0.1) is 11.1 Å². The smallest absolute Gasteiger partial charge is 0.128 e. The van der Waals surface area contributed by atoms with Crippen molar-refractivity contribution in [2.24, 2.45) is 0 Å². The molecule has 1 unspecified atom stereocenters. The fraction of sp³-hybridized carbons (Fsp3) is 0.267. The lowest BCUT2D eigenvalue weighted by Crippen LogP contribution is -2.25. The van der Waals surface area contributed by atoms with Gasteiger partial charge in [-0.1, -0.05) is 18.5 Å². The van der Waals surface area contributed by atoms with Crippen LogP contribution in [0.2, 0.25) is 5.02 Å². The van der Waals surface area contributed by atoms with Crippen molar-refractivity contribution in [2.45, 2.75) is 19.4 Å². The van der Waals surface area contributed by atoms with Crippen LogP contribution in [0.3, 0.4) is 0 Å². The molecule has 0 amide bonds. The maximum atomic E-state index is 14.1. The van der Waals surface area contributed by atoms with Gasteiger partial charge < -0.3 is 11.1 Å². The summed E-state index contributed by atoms with van der Waals surface area (Å²) in [5.74, 6) is -0.788. The molecule has 3 N–H and O–H groups in total. The average molecular weight is 312 g/mol. The zero-order valence-corrected chi connectivity index (χ0v) is 12.3. The average Bonchev–Trinajstić information content (AvgIpc) is 2.46. The van der Waals surface area contributed by atoms with E-state index < -0.39 is 17.7 Å². The molecule has 0 aliphatic heterocycles. The first-order chi connectivity index (χ1) is 10.0. The Morgan fingerprint density at radius 3 is 2.76 bits per heavy atom. The zero-order chi connectivity index (χ0) is 15.4. The minimum absolute atomic E-state index is 0.180. The number of nitrogens with two attached hydrogens (primary N) is 1. The summed E-state index contributed by atoms with van der Waals surface area (Å²) in [6, 6.07) is 4.34. The van der Waals surface area contributed by atoms with Crippen molar-refractivity contribution >= 4 is 17.4 Å². The number of rotatable bonds is 5. The second-order valence-electron chi connectivity index (χ2n) is 4.68. The lowest BCUT2D eigenvalue weighted by molar-refractivity contribution is 0.535. The highest BCUT2D eigenvalue weighted by Crippen LogP contribution is 2.29. The molecule has 2 aromatic rings. The fourth-order valence-corrected chi connectivity index (χ4v) is 2.28. The molecule has 0 radical (unpaired) electrons. The van der Waals surface area contributed by atoms with Crippen LogP contribution in [0.25, 0.3) is 0 Å². The standard InChI is InChI=1S/C15H16ClF2N3/c1-2-5-20-14(11-7-10(17)3-4-13(11)18)12-6-9(16)8-21-15(12)19/h3-4,6-8,14,20H,2,5H2,1H3,(H2,19,21). The fourth-order valence-electron chi connectivity index (χ4n) is 2.11. The molecule has 112 valence electrons. The van der Waals surface area contributed by atoms with E-state index in [4.69, 9.17) is 17.3 Å². The predicted octanol–water partition coefficient (Wildman–Crippen LogP) is 3.68. The van der Waals surface area contributed by atoms with Crippen LogP contribution in [0.1, 0.15) is 30.5 Å². The third-order valence-electron chi connectivity index (χ3n) is 3.09. The number of pyridine rings is 1. The van der Waals surface area contributed by atoms with Crippen LogP contribution in [-0.2, 0) is 0 Å². The SMILES string of the molecule is CCCNC(c1cc(F)ccc1F)c1cc(Cl)cnc1N. The Labute approximate surface area is 127 Å². The van der Waals surface area contributed by atoms with Crippen molar-refractivity contribution < 1.29 is 8.78 Å². The van der Waals surface area contributed by atoms with E-state index in [1.54, 1.807) is 6.07 Å². The van der Waals surface area contributed by atoms with Crippen LogP contribution in [0.5, 0.6) is 0 Å². The molecule has 0 aliphatic rings. The lowest BCUT2D eigenvalue weighted by atomic mass is 9.98. The molecule has 0 saturated heterocycles. The third-order valence-corrected chi connectivity index (χ3v) is 3.30.